The average Bonchev–Trinajstić information content (AvgIpc) is 2.61. The molecule has 8 heteroatoms. The second-order valence-electron chi connectivity index (χ2n) is 5.84. The summed E-state index contributed by atoms with van der Waals surface area (Å²) >= 11 is 12.0. The molecule has 0 saturated heterocycles. The number of carbonyl (C=O) groups is 1. The van der Waals surface area contributed by atoms with Crippen molar-refractivity contribution in [3.8, 4) is 0 Å². The van der Waals surface area contributed by atoms with Crippen LogP contribution in [0.3, 0.4) is 0 Å². The molecule has 0 spiro atoms. The molecular formula is C18H16Cl2N4O2. The smallest absolute Gasteiger partial charge is 0.277 e. The van der Waals surface area contributed by atoms with E-state index in [-0.39, 0.29) is 30.5 Å². The number of amides is 1. The zero-order valence-corrected chi connectivity index (χ0v) is 15.5. The van der Waals surface area contributed by atoms with E-state index in [4.69, 9.17) is 23.2 Å². The monoisotopic (exact) mass is 390 g/mol. The van der Waals surface area contributed by atoms with Gasteiger partial charge in [-0.1, -0.05) is 46.6 Å². The Hall–Kier alpha value is -2.44. The molecule has 0 fully saturated rings. The fourth-order valence-corrected chi connectivity index (χ4v) is 3.19. The molecule has 0 radical (unpaired) electrons. The van der Waals surface area contributed by atoms with Crippen molar-refractivity contribution in [2.75, 3.05) is 0 Å². The Morgan fingerprint density at radius 2 is 2.00 bits per heavy atom. The molecule has 1 atom stereocenters. The van der Waals surface area contributed by atoms with Crippen LogP contribution in [0.4, 0.5) is 0 Å². The summed E-state index contributed by atoms with van der Waals surface area (Å²) in [6, 6.07) is 11.8. The lowest BCUT2D eigenvalue weighted by Crippen LogP contribution is -2.30. The Balaban J connectivity index is 1.66. The molecule has 3 aromatic rings. The van der Waals surface area contributed by atoms with Crippen LogP contribution in [0.15, 0.2) is 47.3 Å². The molecule has 1 N–H and O–H groups in total. The second-order valence-corrected chi connectivity index (χ2v) is 6.68. The summed E-state index contributed by atoms with van der Waals surface area (Å²) in [7, 11) is 0. The van der Waals surface area contributed by atoms with Gasteiger partial charge in [0.25, 0.3) is 5.56 Å². The molecule has 3 rings (SSSR count). The molecule has 0 bridgehead atoms. The van der Waals surface area contributed by atoms with E-state index in [1.807, 2.05) is 6.92 Å². The van der Waals surface area contributed by atoms with Crippen LogP contribution >= 0.6 is 23.2 Å². The number of hydrogen-bond acceptors (Lipinski definition) is 4. The topological polar surface area (TPSA) is 76.9 Å². The van der Waals surface area contributed by atoms with Gasteiger partial charge in [0.05, 0.1) is 18.0 Å². The van der Waals surface area contributed by atoms with Crippen LogP contribution in [0.5, 0.6) is 0 Å². The van der Waals surface area contributed by atoms with Gasteiger partial charge < -0.3 is 5.32 Å². The summed E-state index contributed by atoms with van der Waals surface area (Å²) in [5, 5.41) is 12.2. The Morgan fingerprint density at radius 1 is 1.23 bits per heavy atom. The van der Waals surface area contributed by atoms with Crippen molar-refractivity contribution in [2.45, 2.75) is 25.9 Å². The summed E-state index contributed by atoms with van der Waals surface area (Å²) < 4.78 is 1.20. The van der Waals surface area contributed by atoms with Crippen molar-refractivity contribution in [3.63, 3.8) is 0 Å². The molecule has 0 aliphatic heterocycles. The van der Waals surface area contributed by atoms with Crippen molar-refractivity contribution >= 4 is 40.0 Å². The predicted molar refractivity (Wildman–Crippen MR) is 101 cm³/mol. The minimum atomic E-state index is -0.285. The summed E-state index contributed by atoms with van der Waals surface area (Å²) in [4.78, 5) is 24.6. The van der Waals surface area contributed by atoms with Crippen molar-refractivity contribution in [2.24, 2.45) is 0 Å². The molecule has 6 nitrogen and oxygen atoms in total. The molecule has 1 amide bonds. The number of halogens is 2. The van der Waals surface area contributed by atoms with Crippen molar-refractivity contribution < 1.29 is 4.79 Å². The van der Waals surface area contributed by atoms with E-state index in [2.05, 4.69) is 15.6 Å². The SMILES string of the molecule is CC(NC(=O)CCn1nnc2ccccc2c1=O)c1ccc(Cl)cc1Cl. The fraction of sp³-hybridized carbons (Fsp3) is 0.222. The van der Waals surface area contributed by atoms with Crippen LogP contribution < -0.4 is 10.9 Å². The molecule has 134 valence electrons. The first-order chi connectivity index (χ1) is 12.5. The van der Waals surface area contributed by atoms with Gasteiger partial charge in [-0.3, -0.25) is 9.59 Å². The largest absolute Gasteiger partial charge is 0.349 e. The first kappa shape index (κ1) is 18.4. The third kappa shape index (κ3) is 4.03. The third-order valence-electron chi connectivity index (χ3n) is 3.99. The first-order valence-electron chi connectivity index (χ1n) is 8.02. The molecule has 1 unspecified atom stereocenters. The zero-order valence-electron chi connectivity index (χ0n) is 13.9. The standard InChI is InChI=1S/C18H16Cl2N4O2/c1-11(13-7-6-12(19)10-15(13)20)21-17(25)8-9-24-18(26)14-4-2-3-5-16(14)22-23-24/h2-7,10-11H,8-9H2,1H3,(H,21,25). The van der Waals surface area contributed by atoms with E-state index in [1.165, 1.54) is 4.68 Å². The lowest BCUT2D eigenvalue weighted by molar-refractivity contribution is -0.122. The van der Waals surface area contributed by atoms with Gasteiger partial charge in [0.2, 0.25) is 5.91 Å². The predicted octanol–water partition coefficient (Wildman–Crippen LogP) is 3.37. The number of nitrogens with zero attached hydrogens (tertiary/aromatic N) is 3. The van der Waals surface area contributed by atoms with Gasteiger partial charge in [0.15, 0.2) is 0 Å². The first-order valence-corrected chi connectivity index (χ1v) is 8.78. The minimum Gasteiger partial charge on any atom is -0.349 e. The maximum Gasteiger partial charge on any atom is 0.277 e. The molecule has 0 aliphatic carbocycles. The van der Waals surface area contributed by atoms with Crippen molar-refractivity contribution in [1.29, 1.82) is 0 Å². The second kappa shape index (κ2) is 7.85. The fourth-order valence-electron chi connectivity index (χ4n) is 2.62. The van der Waals surface area contributed by atoms with Gasteiger partial charge in [-0.05, 0) is 36.8 Å². The van der Waals surface area contributed by atoms with Gasteiger partial charge in [0, 0.05) is 16.5 Å². The Kier molecular flexibility index (Phi) is 5.54. The molecule has 1 aromatic heterocycles. The van der Waals surface area contributed by atoms with Crippen molar-refractivity contribution in [3.05, 3.63) is 68.4 Å². The van der Waals surface area contributed by atoms with Gasteiger partial charge in [-0.2, -0.15) is 0 Å². The lowest BCUT2D eigenvalue weighted by Gasteiger charge is -2.16. The van der Waals surface area contributed by atoms with E-state index < -0.39 is 0 Å². The van der Waals surface area contributed by atoms with Gasteiger partial charge >= 0.3 is 0 Å². The zero-order chi connectivity index (χ0) is 18.7. The lowest BCUT2D eigenvalue weighted by atomic mass is 10.1. The number of aromatic nitrogens is 3. The van der Waals surface area contributed by atoms with E-state index in [0.717, 1.165) is 5.56 Å². The van der Waals surface area contributed by atoms with E-state index in [1.54, 1.807) is 42.5 Å². The van der Waals surface area contributed by atoms with Crippen LogP contribution in [0.25, 0.3) is 10.9 Å². The molecular weight excluding hydrogens is 375 g/mol. The van der Waals surface area contributed by atoms with E-state index >= 15 is 0 Å². The number of carbonyl (C=O) groups excluding carboxylic acids is 1. The Bertz CT molecular complexity index is 1020. The molecule has 0 aliphatic rings. The summed E-state index contributed by atoms with van der Waals surface area (Å²) in [6.45, 7) is 1.97. The molecule has 2 aromatic carbocycles. The van der Waals surface area contributed by atoms with Crippen LogP contribution in [-0.4, -0.2) is 20.9 Å². The maximum atomic E-state index is 12.4. The number of fused-ring (bicyclic) bond motifs is 1. The highest BCUT2D eigenvalue weighted by molar-refractivity contribution is 6.35. The summed E-state index contributed by atoms with van der Waals surface area (Å²) in [6.07, 6.45) is 0.0997. The van der Waals surface area contributed by atoms with Crippen LogP contribution in [0, 0.1) is 0 Å². The summed E-state index contributed by atoms with van der Waals surface area (Å²) in [5.74, 6) is -0.217. The highest BCUT2D eigenvalue weighted by Gasteiger charge is 2.14. The van der Waals surface area contributed by atoms with Crippen LogP contribution in [0.2, 0.25) is 10.0 Å². The number of nitrogens with one attached hydrogen (secondary N) is 1. The number of aryl methyl sites for hydroxylation is 1. The van der Waals surface area contributed by atoms with Gasteiger partial charge in [-0.15, -0.1) is 5.10 Å². The van der Waals surface area contributed by atoms with E-state index in [0.29, 0.717) is 20.9 Å². The molecule has 26 heavy (non-hydrogen) atoms. The molecule has 0 saturated carbocycles. The minimum absolute atomic E-state index is 0.0997. The number of benzene rings is 2. The van der Waals surface area contributed by atoms with Gasteiger partial charge in [0.1, 0.15) is 5.52 Å². The number of rotatable bonds is 5. The summed E-state index contributed by atoms with van der Waals surface area (Å²) in [5.41, 5.74) is 1.04. The number of hydrogen-bond donors (Lipinski definition) is 1. The van der Waals surface area contributed by atoms with Crippen LogP contribution in [-0.2, 0) is 11.3 Å². The average molecular weight is 391 g/mol. The normalized spacial score (nSPS) is 12.1. The van der Waals surface area contributed by atoms with Gasteiger partial charge in [-0.25, -0.2) is 4.68 Å². The maximum absolute atomic E-state index is 12.4. The van der Waals surface area contributed by atoms with E-state index in [9.17, 15) is 9.59 Å². The Morgan fingerprint density at radius 3 is 2.77 bits per heavy atom. The highest BCUT2D eigenvalue weighted by atomic mass is 35.5. The van der Waals surface area contributed by atoms with Crippen LogP contribution in [0.1, 0.15) is 24.9 Å². The van der Waals surface area contributed by atoms with Crippen molar-refractivity contribution in [1.82, 2.24) is 20.3 Å². The quantitative estimate of drug-likeness (QED) is 0.724. The third-order valence-corrected chi connectivity index (χ3v) is 4.55. The molecule has 1 heterocycles. The Labute approximate surface area is 159 Å². The highest BCUT2D eigenvalue weighted by Crippen LogP contribution is 2.26.